The maximum atomic E-state index is 14.5. The Kier molecular flexibility index (Phi) is 7.06. The maximum Gasteiger partial charge on any atom is 0.266 e. The van der Waals surface area contributed by atoms with Gasteiger partial charge in [0.2, 0.25) is 5.91 Å². The second-order valence-corrected chi connectivity index (χ2v) is 10.2. The molecule has 0 aliphatic rings. The number of thioether (sulfide) groups is 1. The van der Waals surface area contributed by atoms with E-state index in [0.717, 1.165) is 23.0 Å². The molecule has 0 unspecified atom stereocenters. The molecule has 1 N–H and O–H groups in total. The fourth-order valence-corrected chi connectivity index (χ4v) is 5.56. The molecule has 3 aromatic carbocycles. The average molecular weight is 557 g/mol. The number of hydrogen-bond donors (Lipinski definition) is 1. The lowest BCUT2D eigenvalue weighted by atomic mass is 10.2. The van der Waals surface area contributed by atoms with Gasteiger partial charge < -0.3 is 5.32 Å². The van der Waals surface area contributed by atoms with Crippen LogP contribution in [0.3, 0.4) is 0 Å². The Labute approximate surface area is 222 Å². The molecule has 2 heterocycles. The number of fused-ring (bicyclic) bond motifs is 1. The highest BCUT2D eigenvalue weighted by Crippen LogP contribution is 2.28. The van der Waals surface area contributed by atoms with Crippen molar-refractivity contribution >= 4 is 68.2 Å². The number of para-hydroxylation sites is 1. The highest BCUT2D eigenvalue weighted by Gasteiger charge is 2.18. The van der Waals surface area contributed by atoms with Gasteiger partial charge in [0.25, 0.3) is 5.56 Å². The molecule has 0 aliphatic carbocycles. The first-order valence-corrected chi connectivity index (χ1v) is 13.1. The van der Waals surface area contributed by atoms with Crippen molar-refractivity contribution in [1.82, 2.24) is 14.5 Å². The molecule has 2 aromatic heterocycles. The Bertz CT molecular complexity index is 1640. The minimum Gasteiger partial charge on any atom is -0.301 e. The monoisotopic (exact) mass is 556 g/mol. The van der Waals surface area contributed by atoms with E-state index in [1.54, 1.807) is 12.1 Å². The number of benzene rings is 3. The number of rotatable bonds is 6. The van der Waals surface area contributed by atoms with Gasteiger partial charge in [-0.2, -0.15) is 0 Å². The normalized spacial score (nSPS) is 11.1. The van der Waals surface area contributed by atoms with E-state index in [-0.39, 0.29) is 27.7 Å². The highest BCUT2D eigenvalue weighted by atomic mass is 35.5. The van der Waals surface area contributed by atoms with Crippen LogP contribution in [0.5, 0.6) is 0 Å². The van der Waals surface area contributed by atoms with Gasteiger partial charge in [-0.05, 0) is 30.3 Å². The number of amides is 1. The molecule has 1 amide bonds. The number of carbonyl (C=O) groups is 1. The molecule has 0 fully saturated rings. The summed E-state index contributed by atoms with van der Waals surface area (Å²) in [4.78, 5) is 34.9. The lowest BCUT2D eigenvalue weighted by Gasteiger charge is -2.14. The summed E-state index contributed by atoms with van der Waals surface area (Å²) in [6.45, 7) is 0. The van der Waals surface area contributed by atoms with E-state index in [1.807, 2.05) is 35.7 Å². The van der Waals surface area contributed by atoms with Crippen LogP contribution >= 0.6 is 46.3 Å². The predicted molar refractivity (Wildman–Crippen MR) is 144 cm³/mol. The number of aromatic nitrogens is 3. The minimum absolute atomic E-state index is 0.0813. The molecule has 36 heavy (non-hydrogen) atoms. The summed E-state index contributed by atoms with van der Waals surface area (Å²) in [6, 6.07) is 18.4. The van der Waals surface area contributed by atoms with Gasteiger partial charge in [0, 0.05) is 21.0 Å². The summed E-state index contributed by atoms with van der Waals surface area (Å²) in [6.07, 6.45) is 0. The van der Waals surface area contributed by atoms with Gasteiger partial charge in [0.05, 0.1) is 22.5 Å². The van der Waals surface area contributed by atoms with Crippen LogP contribution in [-0.4, -0.2) is 26.2 Å². The highest BCUT2D eigenvalue weighted by molar-refractivity contribution is 7.99. The fraction of sp³-hybridized carbons (Fsp3) is 0.0400. The lowest BCUT2D eigenvalue weighted by Crippen LogP contribution is -2.23. The first kappa shape index (κ1) is 24.5. The molecular weight excluding hydrogens is 542 g/mol. The van der Waals surface area contributed by atoms with Crippen LogP contribution in [-0.2, 0) is 4.79 Å². The summed E-state index contributed by atoms with van der Waals surface area (Å²) in [5, 5.41) is 5.90. The van der Waals surface area contributed by atoms with Crippen molar-refractivity contribution in [2.45, 2.75) is 5.16 Å². The predicted octanol–water partition coefficient (Wildman–Crippen LogP) is 6.69. The first-order chi connectivity index (χ1) is 17.4. The Morgan fingerprint density at radius 1 is 1.03 bits per heavy atom. The molecule has 180 valence electrons. The molecule has 0 atom stereocenters. The Morgan fingerprint density at radius 3 is 2.53 bits per heavy atom. The first-order valence-electron chi connectivity index (χ1n) is 10.5. The number of thiazole rings is 1. The molecule has 0 bridgehead atoms. The van der Waals surface area contributed by atoms with Gasteiger partial charge in [-0.1, -0.05) is 71.4 Å². The minimum atomic E-state index is -0.636. The van der Waals surface area contributed by atoms with Crippen LogP contribution in [0.2, 0.25) is 10.0 Å². The quantitative estimate of drug-likeness (QED) is 0.186. The van der Waals surface area contributed by atoms with E-state index < -0.39 is 11.4 Å². The molecule has 11 heteroatoms. The van der Waals surface area contributed by atoms with Gasteiger partial charge in [0.1, 0.15) is 11.3 Å². The third-order valence-electron chi connectivity index (χ3n) is 5.08. The van der Waals surface area contributed by atoms with Crippen molar-refractivity contribution in [3.05, 3.63) is 98.3 Å². The van der Waals surface area contributed by atoms with E-state index in [9.17, 15) is 14.0 Å². The van der Waals surface area contributed by atoms with Gasteiger partial charge >= 0.3 is 0 Å². The zero-order valence-corrected chi connectivity index (χ0v) is 21.4. The fourth-order valence-electron chi connectivity index (χ4n) is 3.51. The van der Waals surface area contributed by atoms with Gasteiger partial charge in [-0.3, -0.25) is 14.2 Å². The lowest BCUT2D eigenvalue weighted by molar-refractivity contribution is -0.113. The van der Waals surface area contributed by atoms with E-state index in [2.05, 4.69) is 15.3 Å². The van der Waals surface area contributed by atoms with Crippen LogP contribution in [0.25, 0.3) is 27.8 Å². The smallest absolute Gasteiger partial charge is 0.266 e. The molecule has 0 radical (unpaired) electrons. The Hall–Kier alpha value is -3.24. The molecular formula is C25H15Cl2FN4O2S2. The van der Waals surface area contributed by atoms with Crippen molar-refractivity contribution in [3.63, 3.8) is 0 Å². The van der Waals surface area contributed by atoms with E-state index in [1.165, 1.54) is 40.2 Å². The second kappa shape index (κ2) is 10.4. The summed E-state index contributed by atoms with van der Waals surface area (Å²) < 4.78 is 15.8. The zero-order chi connectivity index (χ0) is 25.2. The van der Waals surface area contributed by atoms with E-state index in [0.29, 0.717) is 20.9 Å². The van der Waals surface area contributed by atoms with E-state index >= 15 is 0 Å². The van der Waals surface area contributed by atoms with Crippen LogP contribution < -0.4 is 10.9 Å². The van der Waals surface area contributed by atoms with Crippen molar-refractivity contribution in [3.8, 4) is 16.9 Å². The largest absolute Gasteiger partial charge is 0.301 e. The molecule has 6 nitrogen and oxygen atoms in total. The van der Waals surface area contributed by atoms with E-state index in [4.69, 9.17) is 23.2 Å². The standard InChI is InChI=1S/C25H15Cl2FN4O2S2/c26-15-9-16(27)11-17(10-15)32-23(34)18-7-4-8-19(28)22(18)31-25(32)36-13-21(33)30-24-29-20(12-35-24)14-5-2-1-3-6-14/h1-12H,13H2,(H,29,30,33). The number of nitrogens with zero attached hydrogens (tertiary/aromatic N) is 3. The van der Waals surface area contributed by atoms with Crippen LogP contribution in [0.4, 0.5) is 9.52 Å². The average Bonchev–Trinajstić information content (AvgIpc) is 3.32. The van der Waals surface area contributed by atoms with Crippen LogP contribution in [0.1, 0.15) is 0 Å². The Balaban J connectivity index is 1.44. The molecule has 0 aliphatic heterocycles. The zero-order valence-electron chi connectivity index (χ0n) is 18.2. The molecule has 0 saturated heterocycles. The summed E-state index contributed by atoms with van der Waals surface area (Å²) in [7, 11) is 0. The third-order valence-corrected chi connectivity index (χ3v) is 7.21. The summed E-state index contributed by atoms with van der Waals surface area (Å²) in [5.41, 5.74) is 1.46. The van der Waals surface area contributed by atoms with Crippen LogP contribution in [0, 0.1) is 5.82 Å². The number of halogens is 3. The summed E-state index contributed by atoms with van der Waals surface area (Å²) in [5.74, 6) is -1.09. The number of nitrogens with one attached hydrogen (secondary N) is 1. The number of carbonyl (C=O) groups excluding carboxylic acids is 1. The van der Waals surface area contributed by atoms with Crippen molar-refractivity contribution < 1.29 is 9.18 Å². The van der Waals surface area contributed by atoms with Crippen LogP contribution in [0.15, 0.2) is 82.1 Å². The maximum absolute atomic E-state index is 14.5. The van der Waals surface area contributed by atoms with Crippen molar-refractivity contribution in [2.24, 2.45) is 0 Å². The number of hydrogen-bond acceptors (Lipinski definition) is 6. The summed E-state index contributed by atoms with van der Waals surface area (Å²) >= 11 is 14.6. The SMILES string of the molecule is O=C(CSc1nc2c(F)cccc2c(=O)n1-c1cc(Cl)cc(Cl)c1)Nc1nc(-c2ccccc2)cs1. The number of anilines is 1. The van der Waals surface area contributed by atoms with Crippen molar-refractivity contribution in [1.29, 1.82) is 0 Å². The third kappa shape index (κ3) is 5.15. The van der Waals surface area contributed by atoms with Crippen molar-refractivity contribution in [2.75, 3.05) is 11.1 Å². The molecule has 5 aromatic rings. The van der Waals surface area contributed by atoms with Gasteiger partial charge in [-0.15, -0.1) is 11.3 Å². The second-order valence-electron chi connectivity index (χ2n) is 7.54. The van der Waals surface area contributed by atoms with Gasteiger partial charge in [-0.25, -0.2) is 14.4 Å². The van der Waals surface area contributed by atoms with Gasteiger partial charge in [0.15, 0.2) is 10.3 Å². The molecule has 0 spiro atoms. The molecule has 5 rings (SSSR count). The molecule has 0 saturated carbocycles. The topological polar surface area (TPSA) is 76.9 Å². The Morgan fingerprint density at radius 2 is 1.78 bits per heavy atom.